The molecule has 0 unspecified atom stereocenters. The first-order chi connectivity index (χ1) is 11.0. The molecule has 0 saturated carbocycles. The van der Waals surface area contributed by atoms with Gasteiger partial charge in [0, 0.05) is 40.6 Å². The molecular weight excluding hydrogens is 310 g/mol. The van der Waals surface area contributed by atoms with E-state index in [-0.39, 0.29) is 5.91 Å². The van der Waals surface area contributed by atoms with Crippen molar-refractivity contribution in [2.24, 2.45) is 4.99 Å². The van der Waals surface area contributed by atoms with Crippen molar-refractivity contribution in [3.05, 3.63) is 59.4 Å². The normalized spacial score (nSPS) is 11.3. The molecule has 1 aromatic heterocycles. The predicted molar refractivity (Wildman–Crippen MR) is 97.1 cm³/mol. The number of rotatable bonds is 6. The number of amides is 1. The minimum atomic E-state index is -0.178. The fraction of sp³-hybridized carbons (Fsp3) is 0.222. The Labute approximate surface area is 141 Å². The minimum absolute atomic E-state index is 0.178. The number of nitrogens with one attached hydrogen (secondary N) is 2. The van der Waals surface area contributed by atoms with E-state index >= 15 is 0 Å². The van der Waals surface area contributed by atoms with Crippen molar-refractivity contribution < 1.29 is 4.79 Å². The summed E-state index contributed by atoms with van der Waals surface area (Å²) in [6.45, 7) is 7.92. The number of aromatic nitrogens is 1. The number of nitrogens with zero attached hydrogens (tertiary/aromatic N) is 1. The highest BCUT2D eigenvalue weighted by atomic mass is 35.5. The van der Waals surface area contributed by atoms with E-state index < -0.39 is 0 Å². The van der Waals surface area contributed by atoms with Gasteiger partial charge in [-0.1, -0.05) is 24.3 Å². The summed E-state index contributed by atoms with van der Waals surface area (Å²) in [5.41, 5.74) is 3.49. The maximum Gasteiger partial charge on any atom is 0.252 e. The standard InChI is InChI=1S/C18H20ClN3O/c1-4-13(10-21-12(2)3)18(23)20-8-7-14-11-22-17-6-5-15(19)9-16(14)17/h4-6,9-11,22H,1,7-8H2,2-3H3,(H,20,23)/b13-10+. The summed E-state index contributed by atoms with van der Waals surface area (Å²) in [4.78, 5) is 19.4. The van der Waals surface area contributed by atoms with Gasteiger partial charge in [-0.05, 0) is 44.0 Å². The Kier molecular flexibility index (Phi) is 5.77. The van der Waals surface area contributed by atoms with Gasteiger partial charge < -0.3 is 10.3 Å². The molecule has 2 N–H and O–H groups in total. The van der Waals surface area contributed by atoms with Crippen molar-refractivity contribution in [1.82, 2.24) is 10.3 Å². The van der Waals surface area contributed by atoms with Crippen molar-refractivity contribution in [1.29, 1.82) is 0 Å². The number of aromatic amines is 1. The molecule has 0 fully saturated rings. The second kappa shape index (κ2) is 7.79. The van der Waals surface area contributed by atoms with E-state index in [4.69, 9.17) is 11.6 Å². The lowest BCUT2D eigenvalue weighted by Gasteiger charge is -2.05. The Hall–Kier alpha value is -2.33. The number of benzene rings is 1. The number of fused-ring (bicyclic) bond motifs is 1. The van der Waals surface area contributed by atoms with Crippen LogP contribution in [-0.2, 0) is 11.2 Å². The minimum Gasteiger partial charge on any atom is -0.361 e. The largest absolute Gasteiger partial charge is 0.361 e. The van der Waals surface area contributed by atoms with Crippen molar-refractivity contribution in [3.8, 4) is 0 Å². The summed E-state index contributed by atoms with van der Waals surface area (Å²) in [6, 6.07) is 5.73. The van der Waals surface area contributed by atoms with Gasteiger partial charge in [0.1, 0.15) is 0 Å². The molecule has 120 valence electrons. The van der Waals surface area contributed by atoms with Crippen LogP contribution in [0.3, 0.4) is 0 Å². The van der Waals surface area contributed by atoms with Gasteiger partial charge in [0.2, 0.25) is 0 Å². The zero-order chi connectivity index (χ0) is 16.8. The molecule has 1 heterocycles. The molecule has 0 aliphatic carbocycles. The highest BCUT2D eigenvalue weighted by Crippen LogP contribution is 2.22. The van der Waals surface area contributed by atoms with Gasteiger partial charge in [0.25, 0.3) is 5.91 Å². The highest BCUT2D eigenvalue weighted by molar-refractivity contribution is 6.31. The summed E-state index contributed by atoms with van der Waals surface area (Å²) < 4.78 is 0. The van der Waals surface area contributed by atoms with Crippen LogP contribution >= 0.6 is 11.6 Å². The van der Waals surface area contributed by atoms with Crippen LogP contribution in [0.25, 0.3) is 10.9 Å². The lowest BCUT2D eigenvalue weighted by Crippen LogP contribution is -2.26. The summed E-state index contributed by atoms with van der Waals surface area (Å²) in [7, 11) is 0. The van der Waals surface area contributed by atoms with Crippen molar-refractivity contribution in [2.75, 3.05) is 6.54 Å². The molecular formula is C18H20ClN3O. The molecule has 0 atom stereocenters. The molecule has 2 aromatic rings. The van der Waals surface area contributed by atoms with Gasteiger partial charge in [-0.25, -0.2) is 0 Å². The molecule has 0 radical (unpaired) electrons. The highest BCUT2D eigenvalue weighted by Gasteiger charge is 2.07. The van der Waals surface area contributed by atoms with Crippen molar-refractivity contribution in [3.63, 3.8) is 0 Å². The molecule has 0 bridgehead atoms. The maximum absolute atomic E-state index is 12.1. The van der Waals surface area contributed by atoms with Crippen molar-refractivity contribution >= 4 is 34.1 Å². The number of halogens is 1. The first-order valence-corrected chi connectivity index (χ1v) is 7.76. The Morgan fingerprint density at radius 1 is 1.43 bits per heavy atom. The second-order valence-corrected chi connectivity index (χ2v) is 5.81. The molecule has 0 aliphatic heterocycles. The van der Waals surface area contributed by atoms with Crippen LogP contribution in [0.5, 0.6) is 0 Å². The van der Waals surface area contributed by atoms with Gasteiger partial charge >= 0.3 is 0 Å². The quantitative estimate of drug-likeness (QED) is 0.469. The van der Waals surface area contributed by atoms with E-state index in [1.54, 1.807) is 0 Å². The summed E-state index contributed by atoms with van der Waals surface area (Å²) in [5, 5.41) is 4.66. The van der Waals surface area contributed by atoms with Crippen LogP contribution in [0.15, 0.2) is 53.8 Å². The van der Waals surface area contributed by atoms with Gasteiger partial charge in [0.15, 0.2) is 0 Å². The fourth-order valence-electron chi connectivity index (χ4n) is 2.17. The maximum atomic E-state index is 12.1. The Balaban J connectivity index is 1.99. The predicted octanol–water partition coefficient (Wildman–Crippen LogP) is 4.03. The van der Waals surface area contributed by atoms with Gasteiger partial charge in [-0.15, -0.1) is 0 Å². The molecule has 0 spiro atoms. The second-order valence-electron chi connectivity index (χ2n) is 5.37. The monoisotopic (exact) mass is 329 g/mol. The third kappa shape index (κ3) is 4.57. The van der Waals surface area contributed by atoms with Crippen LogP contribution in [0.1, 0.15) is 19.4 Å². The summed E-state index contributed by atoms with van der Waals surface area (Å²) >= 11 is 6.04. The Morgan fingerprint density at radius 3 is 2.91 bits per heavy atom. The van der Waals surface area contributed by atoms with E-state index in [1.807, 2.05) is 38.2 Å². The van der Waals surface area contributed by atoms with Gasteiger partial charge in [-0.2, -0.15) is 0 Å². The number of aliphatic imine (C=N–C) groups is 1. The number of H-pyrrole nitrogens is 1. The van der Waals surface area contributed by atoms with E-state index in [9.17, 15) is 4.79 Å². The van der Waals surface area contributed by atoms with Crippen LogP contribution in [0.2, 0.25) is 5.02 Å². The van der Waals surface area contributed by atoms with Crippen LogP contribution < -0.4 is 5.32 Å². The van der Waals surface area contributed by atoms with Crippen LogP contribution in [0, 0.1) is 0 Å². The average Bonchev–Trinajstić information content (AvgIpc) is 2.90. The first-order valence-electron chi connectivity index (χ1n) is 7.38. The van der Waals surface area contributed by atoms with E-state index in [2.05, 4.69) is 21.9 Å². The zero-order valence-corrected chi connectivity index (χ0v) is 14.1. The van der Waals surface area contributed by atoms with Gasteiger partial charge in [-0.3, -0.25) is 9.79 Å². The molecule has 1 aromatic carbocycles. The number of carbonyl (C=O) groups is 1. The molecule has 0 saturated heterocycles. The molecule has 5 heteroatoms. The van der Waals surface area contributed by atoms with Crippen molar-refractivity contribution in [2.45, 2.75) is 20.3 Å². The van der Waals surface area contributed by atoms with E-state index in [0.29, 0.717) is 23.6 Å². The molecule has 1 amide bonds. The van der Waals surface area contributed by atoms with Gasteiger partial charge in [0.05, 0.1) is 5.57 Å². The van der Waals surface area contributed by atoms with E-state index in [0.717, 1.165) is 22.2 Å². The number of hydrogen-bond donors (Lipinski definition) is 2. The average molecular weight is 330 g/mol. The molecule has 0 aliphatic rings. The summed E-state index contributed by atoms with van der Waals surface area (Å²) in [6.07, 6.45) is 5.70. The number of hydrogen-bond acceptors (Lipinski definition) is 2. The third-order valence-electron chi connectivity index (χ3n) is 3.35. The topological polar surface area (TPSA) is 57.2 Å². The lowest BCUT2D eigenvalue weighted by atomic mass is 10.1. The van der Waals surface area contributed by atoms with E-state index in [1.165, 1.54) is 12.3 Å². The molecule has 23 heavy (non-hydrogen) atoms. The fourth-order valence-corrected chi connectivity index (χ4v) is 2.35. The van der Waals surface area contributed by atoms with Crippen LogP contribution in [0.4, 0.5) is 0 Å². The molecule has 2 rings (SSSR count). The number of carbonyl (C=O) groups excluding carboxylic acids is 1. The third-order valence-corrected chi connectivity index (χ3v) is 3.59. The smallest absolute Gasteiger partial charge is 0.252 e. The zero-order valence-electron chi connectivity index (χ0n) is 13.3. The SMILES string of the molecule is C=C/C(=C\N=C(C)C)C(=O)NCCc1c[nH]c2ccc(Cl)cc12. The lowest BCUT2D eigenvalue weighted by molar-refractivity contribution is -0.117. The van der Waals surface area contributed by atoms with Crippen LogP contribution in [-0.4, -0.2) is 23.1 Å². The summed E-state index contributed by atoms with van der Waals surface area (Å²) in [5.74, 6) is -0.178. The first kappa shape index (κ1) is 17.0. The molecule has 4 nitrogen and oxygen atoms in total. The Morgan fingerprint density at radius 2 is 2.22 bits per heavy atom. The Bertz CT molecular complexity index is 783.